The number of amides is 4. The van der Waals surface area contributed by atoms with Crippen LogP contribution in [0.3, 0.4) is 0 Å². The standard InChI is InChI=1S/C13H14BrN3O3/c14-9-3-1-8(2-4-9)7-11(18)15-6-5-10-12(19)17-13(20)16-10/h1-4,10H,5-7H2,(H,15,18)(H2,16,17,19,20). The maximum absolute atomic E-state index is 11.7. The third kappa shape index (κ3) is 4.06. The lowest BCUT2D eigenvalue weighted by Crippen LogP contribution is -2.35. The Labute approximate surface area is 124 Å². The second kappa shape index (κ2) is 6.51. The maximum Gasteiger partial charge on any atom is 0.322 e. The highest BCUT2D eigenvalue weighted by Gasteiger charge is 2.28. The minimum atomic E-state index is -0.560. The zero-order chi connectivity index (χ0) is 14.5. The molecule has 106 valence electrons. The summed E-state index contributed by atoms with van der Waals surface area (Å²) in [6.07, 6.45) is 0.667. The molecule has 1 aromatic rings. The fraction of sp³-hybridized carbons (Fsp3) is 0.308. The minimum Gasteiger partial charge on any atom is -0.356 e. The number of rotatable bonds is 5. The molecule has 0 aliphatic carbocycles. The second-order valence-corrected chi connectivity index (χ2v) is 5.37. The lowest BCUT2D eigenvalue weighted by molar-refractivity contribution is -0.122. The zero-order valence-electron chi connectivity index (χ0n) is 10.6. The SMILES string of the molecule is O=C(Cc1ccc(Br)cc1)NCCC1NC(=O)NC1=O. The summed E-state index contributed by atoms with van der Waals surface area (Å²) < 4.78 is 0.963. The molecular weight excluding hydrogens is 326 g/mol. The van der Waals surface area contributed by atoms with E-state index in [0.717, 1.165) is 10.0 Å². The maximum atomic E-state index is 11.7. The van der Waals surface area contributed by atoms with Crippen LogP contribution < -0.4 is 16.0 Å². The molecule has 2 rings (SSSR count). The van der Waals surface area contributed by atoms with Crippen LogP contribution in [0.15, 0.2) is 28.7 Å². The van der Waals surface area contributed by atoms with Gasteiger partial charge in [-0.15, -0.1) is 0 Å². The molecule has 1 aliphatic heterocycles. The van der Waals surface area contributed by atoms with Crippen molar-refractivity contribution in [2.75, 3.05) is 6.54 Å². The van der Waals surface area contributed by atoms with Crippen molar-refractivity contribution in [3.63, 3.8) is 0 Å². The molecule has 4 amide bonds. The van der Waals surface area contributed by atoms with Gasteiger partial charge < -0.3 is 10.6 Å². The summed E-state index contributed by atoms with van der Waals surface area (Å²) in [6, 6.07) is 6.45. The van der Waals surface area contributed by atoms with E-state index in [1.54, 1.807) is 0 Å². The van der Waals surface area contributed by atoms with E-state index >= 15 is 0 Å². The van der Waals surface area contributed by atoms with Gasteiger partial charge in [0.25, 0.3) is 5.91 Å². The summed E-state index contributed by atoms with van der Waals surface area (Å²) in [5.41, 5.74) is 0.914. The van der Waals surface area contributed by atoms with E-state index in [2.05, 4.69) is 31.9 Å². The van der Waals surface area contributed by atoms with E-state index in [0.29, 0.717) is 13.0 Å². The third-order valence-electron chi connectivity index (χ3n) is 2.89. The summed E-state index contributed by atoms with van der Waals surface area (Å²) in [7, 11) is 0. The Morgan fingerprint density at radius 3 is 2.55 bits per heavy atom. The second-order valence-electron chi connectivity index (χ2n) is 4.46. The number of carbonyl (C=O) groups is 3. The van der Waals surface area contributed by atoms with Crippen LogP contribution in [0, 0.1) is 0 Å². The monoisotopic (exact) mass is 339 g/mol. The van der Waals surface area contributed by atoms with Gasteiger partial charge in [-0.05, 0) is 24.1 Å². The Kier molecular flexibility index (Phi) is 4.73. The molecule has 3 N–H and O–H groups in total. The molecule has 1 aliphatic rings. The van der Waals surface area contributed by atoms with Crippen molar-refractivity contribution in [2.45, 2.75) is 18.9 Å². The van der Waals surface area contributed by atoms with Crippen LogP contribution in [-0.4, -0.2) is 30.4 Å². The quantitative estimate of drug-likeness (QED) is 0.690. The average Bonchev–Trinajstić information content (AvgIpc) is 2.71. The van der Waals surface area contributed by atoms with E-state index in [1.165, 1.54) is 0 Å². The van der Waals surface area contributed by atoms with Gasteiger partial charge in [0.2, 0.25) is 5.91 Å². The molecule has 0 saturated carbocycles. The minimum absolute atomic E-state index is 0.114. The molecule has 20 heavy (non-hydrogen) atoms. The summed E-state index contributed by atoms with van der Waals surface area (Å²) in [5.74, 6) is -0.464. The molecule has 0 bridgehead atoms. The van der Waals surface area contributed by atoms with Gasteiger partial charge in [-0.2, -0.15) is 0 Å². The smallest absolute Gasteiger partial charge is 0.322 e. The van der Waals surface area contributed by atoms with Crippen LogP contribution in [0.1, 0.15) is 12.0 Å². The van der Waals surface area contributed by atoms with Crippen molar-refractivity contribution in [1.82, 2.24) is 16.0 Å². The summed E-state index contributed by atoms with van der Waals surface area (Å²) in [6.45, 7) is 0.341. The topological polar surface area (TPSA) is 87.3 Å². The van der Waals surface area contributed by atoms with E-state index in [4.69, 9.17) is 0 Å². The number of urea groups is 1. The first-order valence-electron chi connectivity index (χ1n) is 6.17. The normalized spacial score (nSPS) is 17.6. The van der Waals surface area contributed by atoms with Gasteiger partial charge in [0, 0.05) is 11.0 Å². The number of halogens is 1. The van der Waals surface area contributed by atoms with Crippen LogP contribution in [0.2, 0.25) is 0 Å². The van der Waals surface area contributed by atoms with Crippen molar-refractivity contribution < 1.29 is 14.4 Å². The number of nitrogens with one attached hydrogen (secondary N) is 3. The molecule has 7 heteroatoms. The fourth-order valence-electron chi connectivity index (χ4n) is 1.87. The first-order valence-corrected chi connectivity index (χ1v) is 6.96. The van der Waals surface area contributed by atoms with Crippen molar-refractivity contribution >= 4 is 33.8 Å². The van der Waals surface area contributed by atoms with E-state index in [9.17, 15) is 14.4 Å². The largest absolute Gasteiger partial charge is 0.356 e. The molecule has 1 unspecified atom stereocenters. The zero-order valence-corrected chi connectivity index (χ0v) is 12.2. The van der Waals surface area contributed by atoms with Gasteiger partial charge in [0.1, 0.15) is 6.04 Å². The summed E-state index contributed by atoms with van der Waals surface area (Å²) in [4.78, 5) is 33.9. The molecule has 0 aromatic heterocycles. The molecule has 1 fully saturated rings. The van der Waals surface area contributed by atoms with Crippen molar-refractivity contribution in [2.24, 2.45) is 0 Å². The molecule has 1 aromatic carbocycles. The van der Waals surface area contributed by atoms with Crippen LogP contribution in [0.25, 0.3) is 0 Å². The lowest BCUT2D eigenvalue weighted by atomic mass is 10.1. The Morgan fingerprint density at radius 1 is 1.25 bits per heavy atom. The number of carbonyl (C=O) groups excluding carboxylic acids is 3. The predicted octanol–water partition coefficient (Wildman–Crippen LogP) is 0.706. The van der Waals surface area contributed by atoms with Crippen LogP contribution >= 0.6 is 15.9 Å². The first-order chi connectivity index (χ1) is 9.54. The highest BCUT2D eigenvalue weighted by Crippen LogP contribution is 2.10. The average molecular weight is 340 g/mol. The van der Waals surface area contributed by atoms with Crippen molar-refractivity contribution in [1.29, 1.82) is 0 Å². The van der Waals surface area contributed by atoms with Gasteiger partial charge in [0.15, 0.2) is 0 Å². The van der Waals surface area contributed by atoms with E-state index in [-0.39, 0.29) is 18.2 Å². The van der Waals surface area contributed by atoms with Gasteiger partial charge in [0.05, 0.1) is 6.42 Å². The van der Waals surface area contributed by atoms with Gasteiger partial charge in [-0.3, -0.25) is 14.9 Å². The van der Waals surface area contributed by atoms with Crippen LogP contribution in [0.5, 0.6) is 0 Å². The van der Waals surface area contributed by atoms with Gasteiger partial charge >= 0.3 is 6.03 Å². The molecule has 1 heterocycles. The molecule has 1 atom stereocenters. The summed E-state index contributed by atoms with van der Waals surface area (Å²) in [5, 5.41) is 7.35. The Balaban J connectivity index is 1.71. The number of benzene rings is 1. The molecular formula is C13H14BrN3O3. The number of hydrogen-bond donors (Lipinski definition) is 3. The predicted molar refractivity (Wildman–Crippen MR) is 75.9 cm³/mol. The molecule has 1 saturated heterocycles. The summed E-state index contributed by atoms with van der Waals surface area (Å²) >= 11 is 3.33. The Hall–Kier alpha value is -1.89. The van der Waals surface area contributed by atoms with E-state index < -0.39 is 12.1 Å². The fourth-order valence-corrected chi connectivity index (χ4v) is 2.13. The van der Waals surface area contributed by atoms with Crippen molar-refractivity contribution in [3.8, 4) is 0 Å². The molecule has 0 radical (unpaired) electrons. The number of imide groups is 1. The first kappa shape index (κ1) is 14.5. The Bertz CT molecular complexity index is 530. The molecule has 0 spiro atoms. The lowest BCUT2D eigenvalue weighted by Gasteiger charge is -2.08. The van der Waals surface area contributed by atoms with Gasteiger partial charge in [-0.25, -0.2) is 4.79 Å². The van der Waals surface area contributed by atoms with Crippen LogP contribution in [-0.2, 0) is 16.0 Å². The highest BCUT2D eigenvalue weighted by atomic mass is 79.9. The van der Waals surface area contributed by atoms with E-state index in [1.807, 2.05) is 24.3 Å². The Morgan fingerprint density at radius 2 is 1.95 bits per heavy atom. The highest BCUT2D eigenvalue weighted by molar-refractivity contribution is 9.10. The third-order valence-corrected chi connectivity index (χ3v) is 3.42. The molecule has 6 nitrogen and oxygen atoms in total. The van der Waals surface area contributed by atoms with Crippen molar-refractivity contribution in [3.05, 3.63) is 34.3 Å². The number of hydrogen-bond acceptors (Lipinski definition) is 3. The van der Waals surface area contributed by atoms with Crippen LogP contribution in [0.4, 0.5) is 4.79 Å². The van der Waals surface area contributed by atoms with Gasteiger partial charge in [-0.1, -0.05) is 28.1 Å².